The Morgan fingerprint density at radius 2 is 2.17 bits per heavy atom. The molecule has 0 spiro atoms. The van der Waals surface area contributed by atoms with Crippen LogP contribution in [0.5, 0.6) is 0 Å². The number of hydrogen-bond acceptors (Lipinski definition) is 3. The van der Waals surface area contributed by atoms with Crippen LogP contribution in [0.2, 0.25) is 0 Å². The largest absolute Gasteiger partial charge is 0.281 e. The lowest BCUT2D eigenvalue weighted by molar-refractivity contribution is 0.588. The van der Waals surface area contributed by atoms with Crippen LogP contribution < -0.4 is 4.31 Å². The number of H-pyrrole nitrogens is 1. The zero-order valence-electron chi connectivity index (χ0n) is 9.30. The Hall–Kier alpha value is -1.89. The van der Waals surface area contributed by atoms with Crippen molar-refractivity contribution < 1.29 is 12.8 Å². The van der Waals surface area contributed by atoms with Crippen molar-refractivity contribution in [3.63, 3.8) is 0 Å². The summed E-state index contributed by atoms with van der Waals surface area (Å²) in [5, 5.41) is 6.07. The summed E-state index contributed by atoms with van der Waals surface area (Å²) < 4.78 is 39.0. The number of nitrogens with zero attached hydrogens (tertiary/aromatic N) is 2. The fraction of sp³-hybridized carbons (Fsp3) is 0.182. The summed E-state index contributed by atoms with van der Waals surface area (Å²) in [6.45, 7) is 0.320. The minimum absolute atomic E-state index is 0.0135. The molecule has 1 aliphatic rings. The number of rotatable bonds is 2. The summed E-state index contributed by atoms with van der Waals surface area (Å²) in [6, 6.07) is 5.58. The third kappa shape index (κ3) is 1.59. The van der Waals surface area contributed by atoms with E-state index in [1.165, 1.54) is 28.7 Å². The van der Waals surface area contributed by atoms with E-state index in [-0.39, 0.29) is 5.03 Å². The molecule has 18 heavy (non-hydrogen) atoms. The van der Waals surface area contributed by atoms with Crippen LogP contribution >= 0.6 is 0 Å². The van der Waals surface area contributed by atoms with Gasteiger partial charge in [0.15, 0.2) is 5.03 Å². The number of nitrogens with one attached hydrogen (secondary N) is 1. The topological polar surface area (TPSA) is 66.1 Å². The van der Waals surface area contributed by atoms with Crippen molar-refractivity contribution in [3.8, 4) is 0 Å². The van der Waals surface area contributed by atoms with Gasteiger partial charge in [0.25, 0.3) is 10.0 Å². The SMILES string of the molecule is O=S(=O)(c1ccn[nH]1)N1CCc2ccc(F)cc21. The Kier molecular flexibility index (Phi) is 2.37. The number of anilines is 1. The average Bonchev–Trinajstić information content (AvgIpc) is 2.97. The molecule has 0 saturated carbocycles. The Balaban J connectivity index is 2.10. The number of hydrogen-bond donors (Lipinski definition) is 1. The van der Waals surface area contributed by atoms with Gasteiger partial charge in [0.05, 0.1) is 11.9 Å². The third-order valence-corrected chi connectivity index (χ3v) is 4.69. The Morgan fingerprint density at radius 1 is 1.33 bits per heavy atom. The first-order valence-electron chi connectivity index (χ1n) is 5.39. The predicted molar refractivity (Wildman–Crippen MR) is 63.2 cm³/mol. The quantitative estimate of drug-likeness (QED) is 0.892. The molecular formula is C11H10FN3O2S. The first-order valence-corrected chi connectivity index (χ1v) is 6.83. The highest BCUT2D eigenvalue weighted by Gasteiger charge is 2.31. The molecule has 5 nitrogen and oxygen atoms in total. The second kappa shape index (κ2) is 3.81. The van der Waals surface area contributed by atoms with E-state index in [1.54, 1.807) is 6.07 Å². The second-order valence-corrected chi connectivity index (χ2v) is 5.85. The number of halogens is 1. The van der Waals surface area contributed by atoms with Crippen molar-refractivity contribution in [1.82, 2.24) is 10.2 Å². The molecule has 2 heterocycles. The van der Waals surface area contributed by atoms with Crippen molar-refractivity contribution >= 4 is 15.7 Å². The van der Waals surface area contributed by atoms with E-state index in [4.69, 9.17) is 0 Å². The van der Waals surface area contributed by atoms with Crippen molar-refractivity contribution in [2.24, 2.45) is 0 Å². The van der Waals surface area contributed by atoms with Gasteiger partial charge in [-0.05, 0) is 30.2 Å². The first-order chi connectivity index (χ1) is 8.59. The zero-order chi connectivity index (χ0) is 12.8. The molecule has 0 unspecified atom stereocenters. The smallest absolute Gasteiger partial charge is 0.266 e. The standard InChI is InChI=1S/C11H10FN3O2S/c12-9-2-1-8-4-6-15(10(8)7-9)18(16,17)11-3-5-13-14-11/h1-3,5,7H,4,6H2,(H,13,14). The summed E-state index contributed by atoms with van der Waals surface area (Å²) in [7, 11) is -3.68. The van der Waals surface area contributed by atoms with Crippen LogP contribution in [-0.4, -0.2) is 25.2 Å². The molecular weight excluding hydrogens is 257 g/mol. The fourth-order valence-electron chi connectivity index (χ4n) is 2.08. The van der Waals surface area contributed by atoms with Gasteiger partial charge in [-0.25, -0.2) is 4.39 Å². The summed E-state index contributed by atoms with van der Waals surface area (Å²) in [4.78, 5) is 0. The number of aromatic amines is 1. The normalized spacial score (nSPS) is 14.8. The van der Waals surface area contributed by atoms with E-state index in [0.717, 1.165) is 5.56 Å². The molecule has 0 atom stereocenters. The van der Waals surface area contributed by atoms with E-state index in [2.05, 4.69) is 10.2 Å². The Bertz CT molecular complexity index is 682. The molecule has 0 radical (unpaired) electrons. The lowest BCUT2D eigenvalue weighted by atomic mass is 10.2. The van der Waals surface area contributed by atoms with Crippen LogP contribution in [-0.2, 0) is 16.4 Å². The molecule has 3 rings (SSSR count). The number of sulfonamides is 1. The molecule has 0 bridgehead atoms. The maximum Gasteiger partial charge on any atom is 0.281 e. The fourth-order valence-corrected chi connectivity index (χ4v) is 3.48. The Morgan fingerprint density at radius 3 is 2.89 bits per heavy atom. The molecule has 1 aromatic carbocycles. The number of fused-ring (bicyclic) bond motifs is 1. The minimum atomic E-state index is -3.68. The summed E-state index contributed by atoms with van der Waals surface area (Å²) in [5.74, 6) is -0.444. The maximum atomic E-state index is 13.2. The summed E-state index contributed by atoms with van der Waals surface area (Å²) >= 11 is 0. The van der Waals surface area contributed by atoms with Gasteiger partial charge >= 0.3 is 0 Å². The van der Waals surface area contributed by atoms with Crippen LogP contribution in [0.15, 0.2) is 35.5 Å². The van der Waals surface area contributed by atoms with Gasteiger partial charge in [-0.2, -0.15) is 13.5 Å². The van der Waals surface area contributed by atoms with Crippen molar-refractivity contribution in [2.75, 3.05) is 10.8 Å². The van der Waals surface area contributed by atoms with Crippen LogP contribution in [0.4, 0.5) is 10.1 Å². The highest BCUT2D eigenvalue weighted by Crippen LogP contribution is 2.32. The highest BCUT2D eigenvalue weighted by atomic mass is 32.2. The maximum absolute atomic E-state index is 13.2. The van der Waals surface area contributed by atoms with E-state index in [9.17, 15) is 12.8 Å². The van der Waals surface area contributed by atoms with Crippen LogP contribution in [0.3, 0.4) is 0 Å². The highest BCUT2D eigenvalue weighted by molar-refractivity contribution is 7.92. The van der Waals surface area contributed by atoms with Gasteiger partial charge in [0.2, 0.25) is 0 Å². The van der Waals surface area contributed by atoms with Crippen molar-refractivity contribution in [3.05, 3.63) is 41.8 Å². The van der Waals surface area contributed by atoms with E-state index in [1.807, 2.05) is 0 Å². The monoisotopic (exact) mass is 267 g/mol. The molecule has 0 fully saturated rings. The lowest BCUT2D eigenvalue weighted by Crippen LogP contribution is -2.29. The van der Waals surface area contributed by atoms with E-state index in [0.29, 0.717) is 18.7 Å². The van der Waals surface area contributed by atoms with Gasteiger partial charge in [-0.3, -0.25) is 9.40 Å². The van der Waals surface area contributed by atoms with Gasteiger partial charge in [-0.15, -0.1) is 0 Å². The number of aromatic nitrogens is 2. The molecule has 7 heteroatoms. The molecule has 0 aliphatic carbocycles. The molecule has 1 aromatic heterocycles. The minimum Gasteiger partial charge on any atom is -0.266 e. The molecule has 1 aliphatic heterocycles. The van der Waals surface area contributed by atoms with Crippen LogP contribution in [0, 0.1) is 5.82 Å². The van der Waals surface area contributed by atoms with E-state index < -0.39 is 15.8 Å². The van der Waals surface area contributed by atoms with Gasteiger partial charge in [0.1, 0.15) is 5.82 Å². The predicted octanol–water partition coefficient (Wildman–Crippen LogP) is 1.30. The van der Waals surface area contributed by atoms with Crippen molar-refractivity contribution in [2.45, 2.75) is 11.4 Å². The van der Waals surface area contributed by atoms with Gasteiger partial charge in [0, 0.05) is 6.54 Å². The molecule has 0 saturated heterocycles. The molecule has 1 N–H and O–H groups in total. The zero-order valence-corrected chi connectivity index (χ0v) is 10.1. The van der Waals surface area contributed by atoms with Crippen LogP contribution in [0.1, 0.15) is 5.56 Å². The first kappa shape index (κ1) is 11.2. The summed E-state index contributed by atoms with van der Waals surface area (Å²) in [6.07, 6.45) is 1.96. The molecule has 0 amide bonds. The number of benzene rings is 1. The van der Waals surface area contributed by atoms with Gasteiger partial charge < -0.3 is 0 Å². The molecule has 94 valence electrons. The summed E-state index contributed by atoms with van der Waals surface area (Å²) in [5.41, 5.74) is 1.24. The average molecular weight is 267 g/mol. The van der Waals surface area contributed by atoms with Gasteiger partial charge in [-0.1, -0.05) is 6.07 Å². The lowest BCUT2D eigenvalue weighted by Gasteiger charge is -2.18. The van der Waals surface area contributed by atoms with Crippen molar-refractivity contribution in [1.29, 1.82) is 0 Å². The second-order valence-electron chi connectivity index (χ2n) is 4.02. The van der Waals surface area contributed by atoms with E-state index >= 15 is 0 Å². The third-order valence-electron chi connectivity index (χ3n) is 2.94. The van der Waals surface area contributed by atoms with Crippen LogP contribution in [0.25, 0.3) is 0 Å². The Labute approximate surface area is 103 Å². The molecule has 2 aromatic rings.